The van der Waals surface area contributed by atoms with E-state index in [0.717, 1.165) is 37.9 Å². The molecule has 6 heteroatoms. The Hall–Kier alpha value is -1.66. The summed E-state index contributed by atoms with van der Waals surface area (Å²) in [6, 6.07) is 1.95. The number of morpholine rings is 1. The highest BCUT2D eigenvalue weighted by atomic mass is 16.5. The number of hydrogen-bond donors (Lipinski definition) is 1. The Balaban J connectivity index is 2.14. The molecule has 1 saturated heterocycles. The van der Waals surface area contributed by atoms with Crippen molar-refractivity contribution in [3.8, 4) is 0 Å². The first-order chi connectivity index (χ1) is 9.35. The minimum Gasteiger partial charge on any atom is -0.395 e. The molecule has 0 spiro atoms. The summed E-state index contributed by atoms with van der Waals surface area (Å²) in [7, 11) is 0. The average Bonchev–Trinajstić information content (AvgIpc) is 2.48. The van der Waals surface area contributed by atoms with E-state index in [0.29, 0.717) is 13.1 Å². The Labute approximate surface area is 113 Å². The Morgan fingerprint density at radius 2 is 2.21 bits per heavy atom. The van der Waals surface area contributed by atoms with Crippen LogP contribution >= 0.6 is 0 Å². The van der Waals surface area contributed by atoms with Gasteiger partial charge in [0, 0.05) is 32.2 Å². The maximum Gasteiger partial charge on any atom is 0.134 e. The molecule has 0 aromatic carbocycles. The van der Waals surface area contributed by atoms with Gasteiger partial charge in [0.25, 0.3) is 0 Å². The van der Waals surface area contributed by atoms with Gasteiger partial charge in [-0.1, -0.05) is 6.08 Å². The normalized spacial score (nSPS) is 15.3. The Kier molecular flexibility index (Phi) is 5.11. The lowest BCUT2D eigenvalue weighted by molar-refractivity contribution is 0.122. The quantitative estimate of drug-likeness (QED) is 0.746. The lowest BCUT2D eigenvalue weighted by Crippen LogP contribution is -2.37. The third-order valence-electron chi connectivity index (χ3n) is 3.02. The molecule has 1 aliphatic heterocycles. The van der Waals surface area contributed by atoms with Gasteiger partial charge in [-0.05, 0) is 0 Å². The summed E-state index contributed by atoms with van der Waals surface area (Å²) >= 11 is 0. The summed E-state index contributed by atoms with van der Waals surface area (Å²) in [6.07, 6.45) is 3.36. The second-order valence-corrected chi connectivity index (χ2v) is 4.29. The highest BCUT2D eigenvalue weighted by Gasteiger charge is 2.14. The number of rotatable bonds is 6. The molecule has 0 radical (unpaired) electrons. The fourth-order valence-corrected chi connectivity index (χ4v) is 2.05. The second kappa shape index (κ2) is 7.06. The molecule has 0 atom stereocenters. The molecule has 0 saturated carbocycles. The Morgan fingerprint density at radius 1 is 1.42 bits per heavy atom. The van der Waals surface area contributed by atoms with E-state index in [1.54, 1.807) is 12.4 Å². The van der Waals surface area contributed by atoms with Crippen LogP contribution in [-0.4, -0.2) is 61.1 Å². The molecule has 1 aromatic rings. The first-order valence-electron chi connectivity index (χ1n) is 6.46. The maximum absolute atomic E-state index is 9.10. The van der Waals surface area contributed by atoms with E-state index in [9.17, 15) is 0 Å². The SMILES string of the molecule is C=CCN(CCO)c1cc(N2CCOCC2)ncn1. The van der Waals surface area contributed by atoms with Crippen LogP contribution in [0.1, 0.15) is 0 Å². The van der Waals surface area contributed by atoms with Gasteiger partial charge in [0.15, 0.2) is 0 Å². The summed E-state index contributed by atoms with van der Waals surface area (Å²) in [5.41, 5.74) is 0. The maximum atomic E-state index is 9.10. The molecule has 0 aliphatic carbocycles. The number of anilines is 2. The van der Waals surface area contributed by atoms with E-state index >= 15 is 0 Å². The van der Waals surface area contributed by atoms with Crippen LogP contribution in [0.25, 0.3) is 0 Å². The van der Waals surface area contributed by atoms with Crippen LogP contribution in [0.4, 0.5) is 11.6 Å². The van der Waals surface area contributed by atoms with Gasteiger partial charge in [-0.3, -0.25) is 0 Å². The zero-order chi connectivity index (χ0) is 13.5. The van der Waals surface area contributed by atoms with Crippen molar-refractivity contribution in [2.24, 2.45) is 0 Å². The van der Waals surface area contributed by atoms with Crippen LogP contribution < -0.4 is 9.80 Å². The molecule has 19 heavy (non-hydrogen) atoms. The highest BCUT2D eigenvalue weighted by Crippen LogP contribution is 2.18. The largest absolute Gasteiger partial charge is 0.395 e. The second-order valence-electron chi connectivity index (χ2n) is 4.29. The van der Waals surface area contributed by atoms with E-state index in [-0.39, 0.29) is 6.61 Å². The molecule has 0 unspecified atom stereocenters. The molecular formula is C13H20N4O2. The standard InChI is InChI=1S/C13H20N4O2/c1-2-3-16(4-7-18)12-10-13(15-11-14-12)17-5-8-19-9-6-17/h2,10-11,18H,1,3-9H2. The van der Waals surface area contributed by atoms with Crippen LogP contribution in [0.15, 0.2) is 25.0 Å². The van der Waals surface area contributed by atoms with Crippen LogP contribution in [0, 0.1) is 0 Å². The van der Waals surface area contributed by atoms with Crippen LogP contribution in [-0.2, 0) is 4.74 Å². The number of aliphatic hydroxyl groups is 1. The van der Waals surface area contributed by atoms with Crippen molar-refractivity contribution in [1.29, 1.82) is 0 Å². The minimum atomic E-state index is 0.0880. The van der Waals surface area contributed by atoms with E-state index in [1.165, 1.54) is 0 Å². The zero-order valence-electron chi connectivity index (χ0n) is 11.0. The van der Waals surface area contributed by atoms with Gasteiger partial charge in [0.2, 0.25) is 0 Å². The van der Waals surface area contributed by atoms with Gasteiger partial charge in [-0.15, -0.1) is 6.58 Å². The van der Waals surface area contributed by atoms with Gasteiger partial charge < -0.3 is 19.6 Å². The minimum absolute atomic E-state index is 0.0880. The summed E-state index contributed by atoms with van der Waals surface area (Å²) < 4.78 is 5.33. The van der Waals surface area contributed by atoms with Gasteiger partial charge in [-0.2, -0.15) is 0 Å². The average molecular weight is 264 g/mol. The zero-order valence-corrected chi connectivity index (χ0v) is 11.0. The molecule has 0 bridgehead atoms. The number of nitrogens with zero attached hydrogens (tertiary/aromatic N) is 4. The predicted octanol–water partition coefficient (Wildman–Crippen LogP) is 0.298. The van der Waals surface area contributed by atoms with Crippen molar-refractivity contribution in [2.45, 2.75) is 0 Å². The Morgan fingerprint density at radius 3 is 2.89 bits per heavy atom. The van der Waals surface area contributed by atoms with E-state index in [2.05, 4.69) is 21.4 Å². The van der Waals surface area contributed by atoms with E-state index in [4.69, 9.17) is 9.84 Å². The molecule has 104 valence electrons. The smallest absolute Gasteiger partial charge is 0.134 e. The number of aliphatic hydroxyl groups excluding tert-OH is 1. The lowest BCUT2D eigenvalue weighted by Gasteiger charge is -2.29. The molecule has 0 amide bonds. The van der Waals surface area contributed by atoms with Crippen LogP contribution in [0.5, 0.6) is 0 Å². The third-order valence-corrected chi connectivity index (χ3v) is 3.02. The number of aromatic nitrogens is 2. The molecule has 1 N–H and O–H groups in total. The molecule has 2 rings (SSSR count). The van der Waals surface area contributed by atoms with Crippen molar-refractivity contribution in [1.82, 2.24) is 9.97 Å². The van der Waals surface area contributed by atoms with Gasteiger partial charge in [0.1, 0.15) is 18.0 Å². The van der Waals surface area contributed by atoms with Crippen molar-refractivity contribution in [3.05, 3.63) is 25.0 Å². The first kappa shape index (κ1) is 13.8. The van der Waals surface area contributed by atoms with Gasteiger partial charge in [0.05, 0.1) is 19.8 Å². The fraction of sp³-hybridized carbons (Fsp3) is 0.538. The van der Waals surface area contributed by atoms with Crippen molar-refractivity contribution < 1.29 is 9.84 Å². The summed E-state index contributed by atoms with van der Waals surface area (Å²) in [6.45, 7) is 8.15. The molecule has 2 heterocycles. The van der Waals surface area contributed by atoms with Crippen molar-refractivity contribution >= 4 is 11.6 Å². The topological polar surface area (TPSA) is 61.7 Å². The highest BCUT2D eigenvalue weighted by molar-refractivity contribution is 5.50. The first-order valence-corrected chi connectivity index (χ1v) is 6.46. The number of hydrogen-bond acceptors (Lipinski definition) is 6. The van der Waals surface area contributed by atoms with Gasteiger partial charge in [-0.25, -0.2) is 9.97 Å². The monoisotopic (exact) mass is 264 g/mol. The van der Waals surface area contributed by atoms with E-state index < -0.39 is 0 Å². The van der Waals surface area contributed by atoms with Crippen molar-refractivity contribution in [3.63, 3.8) is 0 Å². The van der Waals surface area contributed by atoms with Crippen molar-refractivity contribution in [2.75, 3.05) is 55.8 Å². The Bertz CT molecular complexity index is 407. The molecule has 1 aromatic heterocycles. The predicted molar refractivity (Wildman–Crippen MR) is 74.6 cm³/mol. The summed E-state index contributed by atoms with van der Waals surface area (Å²) in [5, 5.41) is 9.10. The molecule has 6 nitrogen and oxygen atoms in total. The number of ether oxygens (including phenoxy) is 1. The fourth-order valence-electron chi connectivity index (χ4n) is 2.05. The van der Waals surface area contributed by atoms with Gasteiger partial charge >= 0.3 is 0 Å². The third kappa shape index (κ3) is 3.65. The van der Waals surface area contributed by atoms with Crippen LogP contribution in [0.3, 0.4) is 0 Å². The molecular weight excluding hydrogens is 244 g/mol. The van der Waals surface area contributed by atoms with Crippen LogP contribution in [0.2, 0.25) is 0 Å². The molecule has 1 aliphatic rings. The summed E-state index contributed by atoms with van der Waals surface area (Å²) in [4.78, 5) is 12.7. The molecule has 1 fully saturated rings. The van der Waals surface area contributed by atoms with E-state index in [1.807, 2.05) is 11.0 Å². The lowest BCUT2D eigenvalue weighted by atomic mass is 10.3. The summed E-state index contributed by atoms with van der Waals surface area (Å²) in [5.74, 6) is 1.71.